The summed E-state index contributed by atoms with van der Waals surface area (Å²) in [5.41, 5.74) is 1.30. The van der Waals surface area contributed by atoms with Gasteiger partial charge in [0.15, 0.2) is 5.17 Å². The van der Waals surface area contributed by atoms with Crippen LogP contribution in [0.25, 0.3) is 6.08 Å². The Hall–Kier alpha value is -2.73. The molecule has 2 N–H and O–H groups in total. The van der Waals surface area contributed by atoms with Crippen molar-refractivity contribution in [1.82, 2.24) is 5.32 Å². The third-order valence-corrected chi connectivity index (χ3v) is 4.06. The smallest absolute Gasteiger partial charge is 0.264 e. The van der Waals surface area contributed by atoms with Crippen LogP contribution in [0.2, 0.25) is 0 Å². The largest absolute Gasteiger partial charge is 0.506 e. The zero-order chi connectivity index (χ0) is 16.2. The number of carbonyl (C=O) groups excluding carboxylic acids is 1. The molecule has 1 aliphatic rings. The number of para-hydroxylation sites is 1. The highest BCUT2D eigenvalue weighted by Gasteiger charge is 2.23. The van der Waals surface area contributed by atoms with Crippen LogP contribution in [0.5, 0.6) is 5.75 Å². The highest BCUT2D eigenvalue weighted by molar-refractivity contribution is 8.18. The van der Waals surface area contributed by atoms with E-state index in [0.717, 1.165) is 5.56 Å². The van der Waals surface area contributed by atoms with Crippen molar-refractivity contribution in [3.8, 4) is 5.75 Å². The number of benzene rings is 1. The second kappa shape index (κ2) is 6.58. The Morgan fingerprint density at radius 3 is 2.91 bits per heavy atom. The fraction of sp³-hybridized carbons (Fsp3) is 0.0588. The second-order valence-corrected chi connectivity index (χ2v) is 5.85. The fourth-order valence-corrected chi connectivity index (χ4v) is 2.78. The molecule has 1 fully saturated rings. The first-order chi connectivity index (χ1) is 11.1. The van der Waals surface area contributed by atoms with Crippen LogP contribution < -0.4 is 5.32 Å². The van der Waals surface area contributed by atoms with Crippen molar-refractivity contribution in [2.24, 2.45) is 4.99 Å². The summed E-state index contributed by atoms with van der Waals surface area (Å²) in [5.74, 6) is 0.581. The lowest BCUT2D eigenvalue weighted by atomic mass is 10.2. The van der Waals surface area contributed by atoms with Crippen molar-refractivity contribution in [2.75, 3.05) is 0 Å². The van der Waals surface area contributed by atoms with Gasteiger partial charge in [0.2, 0.25) is 0 Å². The minimum atomic E-state index is -0.217. The van der Waals surface area contributed by atoms with Gasteiger partial charge in [-0.05, 0) is 54.6 Å². The van der Waals surface area contributed by atoms with Gasteiger partial charge in [0.25, 0.3) is 5.91 Å². The quantitative estimate of drug-likeness (QED) is 0.843. The van der Waals surface area contributed by atoms with Gasteiger partial charge in [-0.15, -0.1) is 0 Å². The maximum Gasteiger partial charge on any atom is 0.264 e. The first kappa shape index (κ1) is 15.2. The number of aliphatic imine (C=N–C) groups is 1. The van der Waals surface area contributed by atoms with Gasteiger partial charge in [0.1, 0.15) is 17.2 Å². The minimum Gasteiger partial charge on any atom is -0.506 e. The van der Waals surface area contributed by atoms with E-state index in [1.807, 2.05) is 19.1 Å². The van der Waals surface area contributed by atoms with E-state index in [2.05, 4.69) is 10.3 Å². The first-order valence-electron chi connectivity index (χ1n) is 6.92. The van der Waals surface area contributed by atoms with Crippen LogP contribution in [0.3, 0.4) is 0 Å². The standard InChI is InChI=1S/C17H14N2O3S/c1-11-5-2-8-13(20)15(11)18-17-19-16(21)14(23-17)9-3-6-12-7-4-10-22-12/h2-10,20H,1H3,(H,18,19,21)/b6-3+,14-9+. The third-order valence-electron chi connectivity index (χ3n) is 3.13. The normalized spacial score (nSPS) is 18.2. The van der Waals surface area contributed by atoms with E-state index in [-0.39, 0.29) is 11.7 Å². The van der Waals surface area contributed by atoms with E-state index < -0.39 is 0 Å². The van der Waals surface area contributed by atoms with E-state index in [4.69, 9.17) is 4.42 Å². The molecule has 5 nitrogen and oxygen atoms in total. The number of furan rings is 1. The molecule has 3 rings (SSSR count). The van der Waals surface area contributed by atoms with Gasteiger partial charge in [-0.3, -0.25) is 4.79 Å². The average Bonchev–Trinajstić information content (AvgIpc) is 3.14. The number of hydrogen-bond acceptors (Lipinski definition) is 5. The number of rotatable bonds is 3. The maximum absolute atomic E-state index is 11.9. The summed E-state index contributed by atoms with van der Waals surface area (Å²) in [5, 5.41) is 13.0. The number of thioether (sulfide) groups is 1. The summed E-state index contributed by atoms with van der Waals surface area (Å²) in [7, 11) is 0. The molecule has 23 heavy (non-hydrogen) atoms. The Morgan fingerprint density at radius 1 is 1.30 bits per heavy atom. The zero-order valence-corrected chi connectivity index (χ0v) is 13.1. The highest BCUT2D eigenvalue weighted by atomic mass is 32.2. The fourth-order valence-electron chi connectivity index (χ4n) is 2.00. The number of aryl methyl sites for hydroxylation is 1. The molecule has 0 unspecified atom stereocenters. The van der Waals surface area contributed by atoms with E-state index >= 15 is 0 Å². The van der Waals surface area contributed by atoms with Gasteiger partial charge in [-0.1, -0.05) is 18.2 Å². The van der Waals surface area contributed by atoms with Gasteiger partial charge in [0, 0.05) is 0 Å². The summed E-state index contributed by atoms with van der Waals surface area (Å²) < 4.78 is 5.18. The number of allylic oxidation sites excluding steroid dienone is 2. The second-order valence-electron chi connectivity index (χ2n) is 4.82. The van der Waals surface area contributed by atoms with Crippen LogP contribution in [0, 0.1) is 6.92 Å². The molecule has 1 saturated heterocycles. The summed E-state index contributed by atoms with van der Waals surface area (Å²) in [4.78, 5) is 16.8. The van der Waals surface area contributed by atoms with Crippen molar-refractivity contribution >= 4 is 34.6 Å². The number of nitrogens with one attached hydrogen (secondary N) is 1. The van der Waals surface area contributed by atoms with Crippen LogP contribution in [0.1, 0.15) is 11.3 Å². The monoisotopic (exact) mass is 326 g/mol. The molecule has 0 saturated carbocycles. The number of phenols is 1. The van der Waals surface area contributed by atoms with Crippen molar-refractivity contribution in [3.63, 3.8) is 0 Å². The number of carbonyl (C=O) groups is 1. The minimum absolute atomic E-state index is 0.0856. The molecule has 0 atom stereocenters. The molecule has 1 aromatic carbocycles. The zero-order valence-electron chi connectivity index (χ0n) is 12.3. The Kier molecular flexibility index (Phi) is 4.34. The number of aromatic hydroxyl groups is 1. The lowest BCUT2D eigenvalue weighted by Gasteiger charge is -2.03. The van der Waals surface area contributed by atoms with Crippen molar-refractivity contribution < 1.29 is 14.3 Å². The predicted molar refractivity (Wildman–Crippen MR) is 91.5 cm³/mol. The van der Waals surface area contributed by atoms with Crippen molar-refractivity contribution in [3.05, 3.63) is 65.0 Å². The maximum atomic E-state index is 11.9. The summed E-state index contributed by atoms with van der Waals surface area (Å²) in [6.45, 7) is 1.85. The molecule has 0 spiro atoms. The van der Waals surface area contributed by atoms with Gasteiger partial charge in [-0.2, -0.15) is 0 Å². The lowest BCUT2D eigenvalue weighted by Crippen LogP contribution is -2.19. The predicted octanol–water partition coefficient (Wildman–Crippen LogP) is 3.74. The molecule has 6 heteroatoms. The van der Waals surface area contributed by atoms with Crippen molar-refractivity contribution in [2.45, 2.75) is 6.92 Å². The molecule has 1 amide bonds. The molecule has 0 aliphatic carbocycles. The van der Waals surface area contributed by atoms with E-state index in [1.54, 1.807) is 42.7 Å². The molecule has 2 heterocycles. The SMILES string of the molecule is Cc1cccc(O)c1N=C1NC(=O)/C(=C\C=C\c2ccco2)S1. The Bertz CT molecular complexity index is 800. The average molecular weight is 326 g/mol. The molecule has 0 bridgehead atoms. The molecule has 1 aromatic heterocycles. The summed E-state index contributed by atoms with van der Waals surface area (Å²) >= 11 is 1.23. The molecule has 1 aliphatic heterocycles. The van der Waals surface area contributed by atoms with Crippen LogP contribution in [-0.2, 0) is 4.79 Å². The van der Waals surface area contributed by atoms with Crippen LogP contribution in [-0.4, -0.2) is 16.2 Å². The Balaban J connectivity index is 1.78. The topological polar surface area (TPSA) is 74.8 Å². The number of amides is 1. The summed E-state index contributed by atoms with van der Waals surface area (Å²) in [6, 6.07) is 8.79. The molecular formula is C17H14N2O3S. The van der Waals surface area contributed by atoms with Gasteiger partial charge >= 0.3 is 0 Å². The lowest BCUT2D eigenvalue weighted by molar-refractivity contribution is -0.115. The van der Waals surface area contributed by atoms with E-state index in [0.29, 0.717) is 21.5 Å². The van der Waals surface area contributed by atoms with E-state index in [9.17, 15) is 9.90 Å². The number of amidine groups is 1. The number of hydrogen-bond donors (Lipinski definition) is 2. The van der Waals surface area contributed by atoms with Gasteiger partial charge in [-0.25, -0.2) is 4.99 Å². The van der Waals surface area contributed by atoms with Crippen molar-refractivity contribution in [1.29, 1.82) is 0 Å². The van der Waals surface area contributed by atoms with Crippen LogP contribution in [0.15, 0.2) is 63.1 Å². The number of nitrogens with zero attached hydrogens (tertiary/aromatic N) is 1. The van der Waals surface area contributed by atoms with E-state index in [1.165, 1.54) is 11.8 Å². The molecule has 0 radical (unpaired) electrons. The highest BCUT2D eigenvalue weighted by Crippen LogP contribution is 2.33. The molecular weight excluding hydrogens is 312 g/mol. The Morgan fingerprint density at radius 2 is 2.17 bits per heavy atom. The molecule has 116 valence electrons. The van der Waals surface area contributed by atoms with Gasteiger partial charge < -0.3 is 14.8 Å². The van der Waals surface area contributed by atoms with Crippen LogP contribution >= 0.6 is 11.8 Å². The Labute approximate surface area is 137 Å². The van der Waals surface area contributed by atoms with Crippen LogP contribution in [0.4, 0.5) is 5.69 Å². The first-order valence-corrected chi connectivity index (χ1v) is 7.73. The third kappa shape index (κ3) is 3.54. The molecule has 2 aromatic rings. The number of phenolic OH excluding ortho intramolecular Hbond substituents is 1. The summed E-state index contributed by atoms with van der Waals surface area (Å²) in [6.07, 6.45) is 6.80. The van der Waals surface area contributed by atoms with Gasteiger partial charge in [0.05, 0.1) is 11.2 Å².